The van der Waals surface area contributed by atoms with Crippen molar-refractivity contribution in [1.29, 1.82) is 0 Å². The second kappa shape index (κ2) is 5.02. The van der Waals surface area contributed by atoms with Gasteiger partial charge in [-0.15, -0.1) is 0 Å². The maximum atomic E-state index is 13.8. The lowest BCUT2D eigenvalue weighted by Crippen LogP contribution is -2.24. The Morgan fingerprint density at radius 2 is 1.94 bits per heavy atom. The maximum Gasteiger partial charge on any atom is 0.310 e. The molecule has 2 rings (SSSR count). The highest BCUT2D eigenvalue weighted by molar-refractivity contribution is 5.74. The topological polar surface area (TPSA) is 29.5 Å². The van der Waals surface area contributed by atoms with Crippen molar-refractivity contribution in [3.8, 4) is 0 Å². The molecule has 0 amide bonds. The summed E-state index contributed by atoms with van der Waals surface area (Å²) in [6.45, 7) is 0.892. The van der Waals surface area contributed by atoms with E-state index in [9.17, 15) is 13.6 Å². The van der Waals surface area contributed by atoms with Crippen LogP contribution in [-0.4, -0.2) is 38.1 Å². The van der Waals surface area contributed by atoms with E-state index in [0.29, 0.717) is 13.1 Å². The van der Waals surface area contributed by atoms with Crippen molar-refractivity contribution in [2.75, 3.05) is 27.2 Å². The summed E-state index contributed by atoms with van der Waals surface area (Å²) in [7, 11) is 3.10. The molecule has 1 aliphatic rings. The summed E-state index contributed by atoms with van der Waals surface area (Å²) in [4.78, 5) is 13.5. The van der Waals surface area contributed by atoms with Crippen LogP contribution in [0.2, 0.25) is 0 Å². The first-order valence-corrected chi connectivity index (χ1v) is 5.75. The molecule has 18 heavy (non-hydrogen) atoms. The molecule has 0 bridgehead atoms. The summed E-state index contributed by atoms with van der Waals surface area (Å²) in [5, 5.41) is 0. The minimum Gasteiger partial charge on any atom is -0.469 e. The Kier molecular flexibility index (Phi) is 3.61. The smallest absolute Gasteiger partial charge is 0.310 e. The molecule has 1 aromatic rings. The molecular weight excluding hydrogens is 240 g/mol. The van der Waals surface area contributed by atoms with Gasteiger partial charge in [-0.1, -0.05) is 6.07 Å². The highest BCUT2D eigenvalue weighted by Gasteiger charge is 2.40. The third kappa shape index (κ3) is 2.22. The lowest BCUT2D eigenvalue weighted by Gasteiger charge is -2.17. The summed E-state index contributed by atoms with van der Waals surface area (Å²) in [5.74, 6) is -2.66. The van der Waals surface area contributed by atoms with Gasteiger partial charge < -0.3 is 9.64 Å². The number of hydrogen-bond donors (Lipinski definition) is 0. The van der Waals surface area contributed by atoms with E-state index in [2.05, 4.69) is 0 Å². The minimum absolute atomic E-state index is 0.0164. The van der Waals surface area contributed by atoms with E-state index >= 15 is 0 Å². The number of esters is 1. The van der Waals surface area contributed by atoms with Gasteiger partial charge in [0.2, 0.25) is 0 Å². The van der Waals surface area contributed by atoms with Gasteiger partial charge in [-0.25, -0.2) is 8.78 Å². The van der Waals surface area contributed by atoms with Gasteiger partial charge in [-0.3, -0.25) is 4.79 Å². The van der Waals surface area contributed by atoms with Crippen molar-refractivity contribution in [1.82, 2.24) is 4.90 Å². The predicted molar refractivity (Wildman–Crippen MR) is 62.1 cm³/mol. The van der Waals surface area contributed by atoms with Crippen molar-refractivity contribution < 1.29 is 18.3 Å². The van der Waals surface area contributed by atoms with Crippen LogP contribution in [0.3, 0.4) is 0 Å². The average molecular weight is 255 g/mol. The van der Waals surface area contributed by atoms with Gasteiger partial charge in [0, 0.05) is 24.6 Å². The highest BCUT2D eigenvalue weighted by atomic mass is 19.1. The van der Waals surface area contributed by atoms with Crippen molar-refractivity contribution >= 4 is 5.97 Å². The van der Waals surface area contributed by atoms with Gasteiger partial charge in [0.05, 0.1) is 13.0 Å². The zero-order chi connectivity index (χ0) is 13.3. The minimum atomic E-state index is -0.607. The van der Waals surface area contributed by atoms with Gasteiger partial charge in [0.15, 0.2) is 0 Å². The molecule has 0 spiro atoms. The fraction of sp³-hybridized carbons (Fsp3) is 0.462. The van der Waals surface area contributed by atoms with Crippen LogP contribution in [0.15, 0.2) is 18.2 Å². The fourth-order valence-corrected chi connectivity index (χ4v) is 2.55. The monoisotopic (exact) mass is 255 g/mol. The van der Waals surface area contributed by atoms with Crippen LogP contribution in [0.25, 0.3) is 0 Å². The lowest BCUT2D eigenvalue weighted by atomic mass is 9.88. The normalized spacial score (nSPS) is 24.2. The summed E-state index contributed by atoms with van der Waals surface area (Å²) >= 11 is 0. The molecule has 0 N–H and O–H groups in total. The summed E-state index contributed by atoms with van der Waals surface area (Å²) in [5.41, 5.74) is -0.0164. The molecule has 0 saturated carbocycles. The predicted octanol–water partition coefficient (Wildman–Crippen LogP) is 1.78. The van der Waals surface area contributed by atoms with E-state index in [-0.39, 0.29) is 5.56 Å². The number of rotatable bonds is 2. The number of halogens is 2. The van der Waals surface area contributed by atoms with Crippen molar-refractivity contribution in [2.24, 2.45) is 5.92 Å². The molecule has 0 aromatic heterocycles. The van der Waals surface area contributed by atoms with E-state index in [1.165, 1.54) is 25.3 Å². The van der Waals surface area contributed by atoms with Gasteiger partial charge in [0.25, 0.3) is 0 Å². The molecule has 1 fully saturated rings. The SMILES string of the molecule is COC(=O)C1CN(C)CC1c1c(F)cccc1F. The first-order chi connectivity index (χ1) is 8.54. The van der Waals surface area contributed by atoms with Gasteiger partial charge >= 0.3 is 5.97 Å². The molecule has 5 heteroatoms. The second-order valence-corrected chi connectivity index (χ2v) is 4.59. The zero-order valence-electron chi connectivity index (χ0n) is 10.3. The number of likely N-dealkylation sites (tertiary alicyclic amines) is 1. The van der Waals surface area contributed by atoms with Gasteiger partial charge in [0.1, 0.15) is 11.6 Å². The second-order valence-electron chi connectivity index (χ2n) is 4.59. The summed E-state index contributed by atoms with van der Waals surface area (Å²) in [6.07, 6.45) is 0. The Balaban J connectivity index is 2.39. The van der Waals surface area contributed by atoms with E-state index in [0.717, 1.165) is 0 Å². The Morgan fingerprint density at radius 1 is 1.33 bits per heavy atom. The van der Waals surface area contributed by atoms with Crippen molar-refractivity contribution in [3.05, 3.63) is 35.4 Å². The number of benzene rings is 1. The van der Waals surface area contributed by atoms with Crippen LogP contribution >= 0.6 is 0 Å². The van der Waals surface area contributed by atoms with Crippen LogP contribution < -0.4 is 0 Å². The van der Waals surface area contributed by atoms with Crippen LogP contribution in [0.1, 0.15) is 11.5 Å². The number of carbonyl (C=O) groups excluding carboxylic acids is 1. The average Bonchev–Trinajstić information content (AvgIpc) is 2.70. The number of hydrogen-bond acceptors (Lipinski definition) is 3. The molecule has 2 unspecified atom stereocenters. The van der Waals surface area contributed by atoms with E-state index in [4.69, 9.17) is 4.74 Å². The zero-order valence-corrected chi connectivity index (χ0v) is 10.3. The lowest BCUT2D eigenvalue weighted by molar-refractivity contribution is -0.145. The third-order valence-electron chi connectivity index (χ3n) is 3.38. The molecule has 0 radical (unpaired) electrons. The highest BCUT2D eigenvalue weighted by Crippen LogP contribution is 2.35. The van der Waals surface area contributed by atoms with Crippen molar-refractivity contribution in [3.63, 3.8) is 0 Å². The van der Waals surface area contributed by atoms with E-state index in [1.807, 2.05) is 11.9 Å². The molecule has 2 atom stereocenters. The molecule has 0 aliphatic carbocycles. The Morgan fingerprint density at radius 3 is 2.50 bits per heavy atom. The number of ether oxygens (including phenoxy) is 1. The number of methoxy groups -OCH3 is 1. The van der Waals surface area contributed by atoms with Gasteiger partial charge in [-0.2, -0.15) is 0 Å². The Hall–Kier alpha value is -1.49. The summed E-state index contributed by atoms with van der Waals surface area (Å²) < 4.78 is 32.2. The van der Waals surface area contributed by atoms with Gasteiger partial charge in [-0.05, 0) is 19.2 Å². The molecule has 1 saturated heterocycles. The first-order valence-electron chi connectivity index (χ1n) is 5.75. The standard InChI is InChI=1S/C13H15F2NO2/c1-16-6-8(9(7-16)13(17)18-2)12-10(14)4-3-5-11(12)15/h3-5,8-9H,6-7H2,1-2H3. The number of likely N-dealkylation sites (N-methyl/N-ethyl adjacent to an activating group) is 1. The van der Waals surface area contributed by atoms with E-state index < -0.39 is 29.4 Å². The fourth-order valence-electron chi connectivity index (χ4n) is 2.55. The summed E-state index contributed by atoms with van der Waals surface area (Å²) in [6, 6.07) is 3.75. The van der Waals surface area contributed by atoms with Crippen LogP contribution in [0, 0.1) is 17.6 Å². The molecule has 98 valence electrons. The van der Waals surface area contributed by atoms with Crippen LogP contribution in [0.4, 0.5) is 8.78 Å². The number of nitrogens with zero attached hydrogens (tertiary/aromatic N) is 1. The van der Waals surface area contributed by atoms with Crippen LogP contribution in [-0.2, 0) is 9.53 Å². The Bertz CT molecular complexity index is 444. The Labute approximate surface area is 104 Å². The van der Waals surface area contributed by atoms with E-state index in [1.54, 1.807) is 0 Å². The molecule has 1 aliphatic heterocycles. The molecule has 3 nitrogen and oxygen atoms in total. The molecule has 1 heterocycles. The van der Waals surface area contributed by atoms with Crippen molar-refractivity contribution in [2.45, 2.75) is 5.92 Å². The van der Waals surface area contributed by atoms with Crippen LogP contribution in [0.5, 0.6) is 0 Å². The maximum absolute atomic E-state index is 13.8. The molecular formula is C13H15F2NO2. The molecule has 1 aromatic carbocycles. The number of carbonyl (C=O) groups is 1. The largest absolute Gasteiger partial charge is 0.469 e. The quantitative estimate of drug-likeness (QED) is 0.754. The first kappa shape index (κ1) is 13.0. The third-order valence-corrected chi connectivity index (χ3v) is 3.38.